The molecule has 0 bridgehead atoms. The van der Waals surface area contributed by atoms with Gasteiger partial charge < -0.3 is 18.2 Å². The van der Waals surface area contributed by atoms with E-state index in [-0.39, 0.29) is 76.7 Å². The van der Waals surface area contributed by atoms with Crippen molar-refractivity contribution < 1.29 is 104 Å². The van der Waals surface area contributed by atoms with Gasteiger partial charge in [-0.3, -0.25) is 64.7 Å². The van der Waals surface area contributed by atoms with E-state index in [0.29, 0.717) is 27.5 Å². The Balaban J connectivity index is 0.00000202. The molecule has 4 heterocycles. The second kappa shape index (κ2) is 10.4. The molecule has 0 aliphatic carbocycles. The second-order valence-electron chi connectivity index (χ2n) is 10.2. The van der Waals surface area contributed by atoms with Crippen LogP contribution < -0.4 is 9.80 Å². The van der Waals surface area contributed by atoms with E-state index in [1.807, 2.05) is 19.9 Å². The number of hydrogen-bond acceptors (Lipinski definition) is 8. The van der Waals surface area contributed by atoms with Crippen molar-refractivity contribution in [3.63, 3.8) is 0 Å². The molecular weight excluding hydrogens is 698 g/mol. The zero-order valence-electron chi connectivity index (χ0n) is 22.9. The molecule has 4 saturated heterocycles. The van der Waals surface area contributed by atoms with Gasteiger partial charge in [0.1, 0.15) is 0 Å². The Bertz CT molecular complexity index is 1630. The van der Waals surface area contributed by atoms with Crippen molar-refractivity contribution in [2.75, 3.05) is 16.8 Å². The van der Waals surface area contributed by atoms with Crippen LogP contribution in [0.1, 0.15) is 29.2 Å². The molecule has 4 fully saturated rings. The number of anilines is 2. The predicted molar refractivity (Wildman–Crippen MR) is 133 cm³/mol. The second-order valence-corrected chi connectivity index (χ2v) is 10.2. The maximum Gasteiger partial charge on any atom is 0.285 e. The summed E-state index contributed by atoms with van der Waals surface area (Å²) in [6, 6.07) is 11.3. The van der Waals surface area contributed by atoms with E-state index in [1.165, 1.54) is 12.1 Å². The Labute approximate surface area is 289 Å². The molecule has 8 amide bonds. The van der Waals surface area contributed by atoms with Gasteiger partial charge in [-0.25, -0.2) is 4.90 Å². The van der Waals surface area contributed by atoms with Gasteiger partial charge in [-0.05, 0) is 43.0 Å². The molecule has 0 saturated carbocycles. The predicted octanol–water partition coefficient (Wildman–Crippen LogP) is -0.252. The van der Waals surface area contributed by atoms with Crippen LogP contribution in [-0.4, -0.2) is 64.1 Å². The molecule has 0 unspecified atom stereocenters. The molecule has 0 aromatic heterocycles. The quantitative estimate of drug-likeness (QED) is 0.234. The van der Waals surface area contributed by atoms with Crippen molar-refractivity contribution >= 4 is 58.6 Å². The number of imide groups is 4. The van der Waals surface area contributed by atoms with Crippen molar-refractivity contribution in [2.45, 2.75) is 33.7 Å². The third kappa shape index (κ3) is 3.55. The van der Waals surface area contributed by atoms with Gasteiger partial charge in [0.05, 0.1) is 5.69 Å². The van der Waals surface area contributed by atoms with Gasteiger partial charge in [-0.1, -0.05) is 13.0 Å². The smallest absolute Gasteiger partial charge is 0.285 e. The first-order valence-electron chi connectivity index (χ1n) is 12.4. The maximum absolute atomic E-state index is 13.1. The third-order valence-electron chi connectivity index (χ3n) is 8.11. The third-order valence-corrected chi connectivity index (χ3v) is 8.11. The molecular formula is C28H20N4O8Y2-2. The molecule has 4 aliphatic heterocycles. The fourth-order valence-electron chi connectivity index (χ4n) is 5.76. The summed E-state index contributed by atoms with van der Waals surface area (Å²) in [6.45, 7) is 5.18. The van der Waals surface area contributed by atoms with Gasteiger partial charge in [-0.2, -0.15) is 5.69 Å². The maximum atomic E-state index is 13.1. The number of nitrogens with zero attached hydrogens (tertiary/aromatic N) is 4. The molecule has 2 radical (unpaired) electrons. The monoisotopic (exact) mass is 718 g/mol. The van der Waals surface area contributed by atoms with Gasteiger partial charge >= 0.3 is 0 Å². The molecule has 2 aromatic rings. The van der Waals surface area contributed by atoms with Crippen molar-refractivity contribution in [3.05, 3.63) is 58.7 Å². The normalized spacial score (nSPS) is 19.8. The van der Waals surface area contributed by atoms with Crippen LogP contribution in [0, 0.1) is 36.8 Å². The summed E-state index contributed by atoms with van der Waals surface area (Å²) in [4.78, 5) is 105. The van der Waals surface area contributed by atoms with Crippen LogP contribution in [0.25, 0.3) is 0 Å². The molecule has 42 heavy (non-hydrogen) atoms. The number of carbonyl (C=O) groups excluding carboxylic acids is 8. The molecule has 12 nitrogen and oxygen atoms in total. The molecule has 2 aromatic carbocycles. The average molecular weight is 718 g/mol. The summed E-state index contributed by atoms with van der Waals surface area (Å²) >= 11 is 0. The zero-order chi connectivity index (χ0) is 29.0. The van der Waals surface area contributed by atoms with Crippen LogP contribution in [0.5, 0.6) is 0 Å². The number of rotatable bonds is 5. The van der Waals surface area contributed by atoms with E-state index < -0.39 is 64.6 Å². The minimum atomic E-state index is -2.42. The van der Waals surface area contributed by atoms with Gasteiger partial charge in [0.25, 0.3) is 58.1 Å². The molecule has 0 N–H and O–H groups in total. The van der Waals surface area contributed by atoms with Crippen LogP contribution in [0.3, 0.4) is 0 Å². The molecule has 2 spiro atoms. The number of carbonyl (C=O) groups is 8. The van der Waals surface area contributed by atoms with Crippen LogP contribution >= 0.6 is 0 Å². The molecule has 14 heteroatoms. The summed E-state index contributed by atoms with van der Waals surface area (Å²) in [5.74, 6) is -7.63. The summed E-state index contributed by atoms with van der Waals surface area (Å²) < 4.78 is 0. The van der Waals surface area contributed by atoms with Crippen LogP contribution in [-0.2, 0) is 117 Å². The average Bonchev–Trinajstić information content (AvgIpc) is 2.93. The largest absolute Gasteiger partial charge is 0.354 e. The molecule has 4 aliphatic rings. The zero-order valence-corrected chi connectivity index (χ0v) is 28.6. The van der Waals surface area contributed by atoms with Crippen molar-refractivity contribution in [1.29, 1.82) is 0 Å². The van der Waals surface area contributed by atoms with Crippen LogP contribution in [0.4, 0.5) is 11.4 Å². The van der Waals surface area contributed by atoms with E-state index in [2.05, 4.69) is 12.1 Å². The number of likely N-dealkylation sites (tertiary alicyclic amines) is 2. The molecule has 6 rings (SSSR count). The Morgan fingerprint density at radius 3 is 1.74 bits per heavy atom. The topological polar surface area (TPSA) is 150 Å². The van der Waals surface area contributed by atoms with Crippen LogP contribution in [0.15, 0.2) is 24.3 Å². The van der Waals surface area contributed by atoms with Crippen molar-refractivity contribution in [2.24, 2.45) is 10.8 Å². The van der Waals surface area contributed by atoms with Crippen molar-refractivity contribution in [1.82, 2.24) is 9.80 Å². The first-order chi connectivity index (χ1) is 18.9. The Morgan fingerprint density at radius 2 is 1.19 bits per heavy atom. The molecule has 0 atom stereocenters. The number of hydrogen-bond donors (Lipinski definition) is 0. The minimum absolute atomic E-state index is 0. The Kier molecular flexibility index (Phi) is 7.98. The van der Waals surface area contributed by atoms with Gasteiger partial charge in [0.2, 0.25) is 0 Å². The Hall–Kier alpha value is -2.79. The fraction of sp³-hybridized carbons (Fsp3) is 0.286. The molecule has 208 valence electrons. The van der Waals surface area contributed by atoms with Gasteiger partial charge in [0, 0.05) is 79.0 Å². The Morgan fingerprint density at radius 1 is 0.667 bits per heavy atom. The number of aryl methyl sites for hydroxylation is 3. The van der Waals surface area contributed by atoms with E-state index in [0.717, 1.165) is 28.0 Å². The summed E-state index contributed by atoms with van der Waals surface area (Å²) in [5, 5.41) is 0. The van der Waals surface area contributed by atoms with E-state index in [4.69, 9.17) is 0 Å². The first kappa shape index (κ1) is 32.1. The number of β-lactam (4-membered cyclic amide) rings is 8. The summed E-state index contributed by atoms with van der Waals surface area (Å²) in [6.07, 6.45) is 0.665. The van der Waals surface area contributed by atoms with Crippen LogP contribution in [0.2, 0.25) is 0 Å². The van der Waals surface area contributed by atoms with E-state index in [1.54, 1.807) is 13.0 Å². The number of amides is 8. The van der Waals surface area contributed by atoms with Gasteiger partial charge in [0.15, 0.2) is 0 Å². The fourth-order valence-corrected chi connectivity index (χ4v) is 5.76. The van der Waals surface area contributed by atoms with E-state index in [9.17, 15) is 38.4 Å². The minimum Gasteiger partial charge on any atom is -0.354 e. The van der Waals surface area contributed by atoms with E-state index >= 15 is 0 Å². The van der Waals surface area contributed by atoms with Crippen molar-refractivity contribution in [3.8, 4) is 0 Å². The number of benzene rings is 2. The standard InChI is InChI=1S/C28H20N4O8.2Y/c1-5-16-11-18(14(3)9-13(16)2)32-25(39)28(26(32)40)21(35)30(22(28)36)12-15-7-6-8-17(10-15)31-23(37)27(24(31)38)19(33)29(4)20(27)34;;/h6,9-11H,5,12H2,1-4H3;;/q-2;;. The summed E-state index contributed by atoms with van der Waals surface area (Å²) in [5.41, 5.74) is -1.83. The van der Waals surface area contributed by atoms with Gasteiger partial charge in [-0.15, -0.1) is 0 Å². The summed E-state index contributed by atoms with van der Waals surface area (Å²) in [7, 11) is 1.16. The SMILES string of the molecule is CCc1cc(N2C(=O)C3(C(=O)N(Cc4[c-]c[c-]c(N5C(=O)C6(C(=O)N(C)C6=O)C5=O)c4)C3=O)C2=O)c(C)cc1C.[Y].[Y]. The first-order valence-corrected chi connectivity index (χ1v) is 12.4.